The molecule has 21 heavy (non-hydrogen) atoms. The molecule has 0 saturated heterocycles. The third-order valence-corrected chi connectivity index (χ3v) is 3.48. The summed E-state index contributed by atoms with van der Waals surface area (Å²) in [6.07, 6.45) is 1.15. The zero-order valence-corrected chi connectivity index (χ0v) is 12.3. The molecule has 0 saturated carbocycles. The van der Waals surface area contributed by atoms with Crippen LogP contribution in [-0.4, -0.2) is 28.8 Å². The summed E-state index contributed by atoms with van der Waals surface area (Å²) < 4.78 is 13.1. The molecule has 2 aromatic rings. The number of nitrogens with one attached hydrogen (secondary N) is 2. The number of halogens is 1. The summed E-state index contributed by atoms with van der Waals surface area (Å²) in [7, 11) is 1.54. The quantitative estimate of drug-likeness (QED) is 0.897. The van der Waals surface area contributed by atoms with E-state index in [1.54, 1.807) is 19.4 Å². The van der Waals surface area contributed by atoms with Crippen molar-refractivity contribution in [2.24, 2.45) is 0 Å². The molecule has 6 nitrogen and oxygen atoms in total. The zero-order chi connectivity index (χ0) is 15.4. The second-order valence-electron chi connectivity index (χ2n) is 4.27. The number of amides is 2. The Labute approximate surface area is 124 Å². The Bertz CT molecular complexity index is 687. The molecule has 110 valence electrons. The van der Waals surface area contributed by atoms with Gasteiger partial charge in [-0.3, -0.25) is 14.9 Å². The number of pyridine rings is 1. The highest BCUT2D eigenvalue weighted by Crippen LogP contribution is 2.17. The monoisotopic (exact) mass is 308 g/mol. The molecule has 0 atom stereocenters. The van der Waals surface area contributed by atoms with Crippen LogP contribution in [0.3, 0.4) is 0 Å². The number of carbonyl (C=O) groups is 2. The van der Waals surface area contributed by atoms with Gasteiger partial charge in [-0.1, -0.05) is 0 Å². The van der Waals surface area contributed by atoms with Crippen molar-refractivity contribution in [2.45, 2.75) is 13.3 Å². The number of thiazole rings is 1. The van der Waals surface area contributed by atoms with E-state index >= 15 is 0 Å². The van der Waals surface area contributed by atoms with Crippen LogP contribution in [-0.2, 0) is 11.2 Å². The molecule has 0 aliphatic rings. The molecular formula is C13H13FN4O2S. The van der Waals surface area contributed by atoms with Gasteiger partial charge < -0.3 is 5.32 Å². The number of nitrogens with zero attached hydrogens (tertiary/aromatic N) is 2. The number of rotatable bonds is 4. The first kappa shape index (κ1) is 15.0. The van der Waals surface area contributed by atoms with Gasteiger partial charge in [0.25, 0.3) is 5.91 Å². The third-order valence-electron chi connectivity index (χ3n) is 2.67. The van der Waals surface area contributed by atoms with Gasteiger partial charge in [-0.25, -0.2) is 14.4 Å². The normalized spacial score (nSPS) is 10.2. The maximum Gasteiger partial charge on any atom is 0.276 e. The molecule has 0 aliphatic carbocycles. The summed E-state index contributed by atoms with van der Waals surface area (Å²) >= 11 is 1.21. The van der Waals surface area contributed by atoms with Gasteiger partial charge in [-0.2, -0.15) is 0 Å². The lowest BCUT2D eigenvalue weighted by Crippen LogP contribution is -2.20. The lowest BCUT2D eigenvalue weighted by Gasteiger charge is -2.02. The van der Waals surface area contributed by atoms with Crippen molar-refractivity contribution in [3.8, 4) is 0 Å². The molecule has 0 spiro atoms. The van der Waals surface area contributed by atoms with E-state index in [0.29, 0.717) is 16.4 Å². The summed E-state index contributed by atoms with van der Waals surface area (Å²) in [5.74, 6) is -1.10. The number of anilines is 1. The minimum Gasteiger partial charge on any atom is -0.359 e. The Morgan fingerprint density at radius 1 is 1.43 bits per heavy atom. The van der Waals surface area contributed by atoms with Crippen molar-refractivity contribution in [1.29, 1.82) is 0 Å². The smallest absolute Gasteiger partial charge is 0.276 e. The topological polar surface area (TPSA) is 84.0 Å². The predicted octanol–water partition coefficient (Wildman–Crippen LogP) is 1.53. The molecule has 0 unspecified atom stereocenters. The van der Waals surface area contributed by atoms with Crippen molar-refractivity contribution >= 4 is 28.3 Å². The third kappa shape index (κ3) is 3.82. The van der Waals surface area contributed by atoms with Gasteiger partial charge in [0.05, 0.1) is 18.3 Å². The molecular weight excluding hydrogens is 295 g/mol. The lowest BCUT2D eigenvalue weighted by atomic mass is 10.2. The summed E-state index contributed by atoms with van der Waals surface area (Å²) in [5, 5.41) is 7.11. The Morgan fingerprint density at radius 2 is 2.19 bits per heavy atom. The van der Waals surface area contributed by atoms with Gasteiger partial charge in [-0.15, -0.1) is 11.3 Å². The fraction of sp³-hybridized carbons (Fsp3) is 0.231. The molecule has 2 heterocycles. The molecule has 2 rings (SSSR count). The first-order valence-electron chi connectivity index (χ1n) is 6.08. The van der Waals surface area contributed by atoms with Crippen LogP contribution in [0.5, 0.6) is 0 Å². The second kappa shape index (κ2) is 6.40. The number of aromatic nitrogens is 2. The van der Waals surface area contributed by atoms with Gasteiger partial charge >= 0.3 is 0 Å². The minimum atomic E-state index is -0.473. The first-order valence-corrected chi connectivity index (χ1v) is 6.96. The maximum atomic E-state index is 13.1. The number of hydrogen-bond acceptors (Lipinski definition) is 5. The molecule has 2 N–H and O–H groups in total. The number of hydrogen-bond donors (Lipinski definition) is 2. The second-order valence-corrected chi connectivity index (χ2v) is 5.12. The minimum absolute atomic E-state index is 0.108. The molecule has 2 aromatic heterocycles. The van der Waals surface area contributed by atoms with Crippen LogP contribution in [0, 0.1) is 12.7 Å². The van der Waals surface area contributed by atoms with E-state index in [0.717, 1.165) is 6.20 Å². The van der Waals surface area contributed by atoms with E-state index in [-0.39, 0.29) is 18.0 Å². The highest BCUT2D eigenvalue weighted by Gasteiger charge is 2.13. The Balaban J connectivity index is 2.05. The van der Waals surface area contributed by atoms with Gasteiger partial charge in [-0.05, 0) is 18.6 Å². The van der Waals surface area contributed by atoms with Crippen LogP contribution in [0.25, 0.3) is 0 Å². The number of carbonyl (C=O) groups excluding carboxylic acids is 2. The lowest BCUT2D eigenvalue weighted by molar-refractivity contribution is -0.120. The van der Waals surface area contributed by atoms with E-state index in [4.69, 9.17) is 0 Å². The summed E-state index contributed by atoms with van der Waals surface area (Å²) in [5.41, 5.74) is 1.02. The summed E-state index contributed by atoms with van der Waals surface area (Å²) in [6, 6.07) is 1.36. The van der Waals surface area contributed by atoms with Crippen LogP contribution >= 0.6 is 11.3 Å². The average Bonchev–Trinajstić information content (AvgIpc) is 2.88. The average molecular weight is 308 g/mol. The van der Waals surface area contributed by atoms with E-state index in [2.05, 4.69) is 20.6 Å². The van der Waals surface area contributed by atoms with Gasteiger partial charge in [0, 0.05) is 12.4 Å². The van der Waals surface area contributed by atoms with Crippen molar-refractivity contribution in [2.75, 3.05) is 12.4 Å². The fourth-order valence-electron chi connectivity index (χ4n) is 1.52. The van der Waals surface area contributed by atoms with Crippen molar-refractivity contribution < 1.29 is 14.0 Å². The standard InChI is InChI=1S/C13H13FN4O2S/c1-7-3-10(16-5-9(7)14)12(20)18-13-17-8(6-21-13)4-11(19)15-2/h3,5-6H,4H2,1-2H3,(H,15,19)(H,17,18,20). The largest absolute Gasteiger partial charge is 0.359 e. The Hall–Kier alpha value is -2.35. The van der Waals surface area contributed by atoms with E-state index in [9.17, 15) is 14.0 Å². The van der Waals surface area contributed by atoms with E-state index in [1.165, 1.54) is 17.4 Å². The Kier molecular flexibility index (Phi) is 4.59. The van der Waals surface area contributed by atoms with Crippen molar-refractivity contribution in [1.82, 2.24) is 15.3 Å². The highest BCUT2D eigenvalue weighted by molar-refractivity contribution is 7.14. The molecule has 8 heteroatoms. The van der Waals surface area contributed by atoms with Gasteiger partial charge in [0.15, 0.2) is 5.13 Å². The molecule has 0 aliphatic heterocycles. The molecule has 0 radical (unpaired) electrons. The van der Waals surface area contributed by atoms with E-state index < -0.39 is 11.7 Å². The summed E-state index contributed by atoms with van der Waals surface area (Å²) in [6.45, 7) is 1.55. The van der Waals surface area contributed by atoms with Crippen LogP contribution in [0.15, 0.2) is 17.6 Å². The molecule has 0 fully saturated rings. The van der Waals surface area contributed by atoms with Gasteiger partial charge in [0.1, 0.15) is 11.5 Å². The SMILES string of the molecule is CNC(=O)Cc1csc(NC(=O)c2cc(C)c(F)cn2)n1. The summed E-state index contributed by atoms with van der Waals surface area (Å²) in [4.78, 5) is 31.0. The van der Waals surface area contributed by atoms with Crippen LogP contribution in [0.2, 0.25) is 0 Å². The fourth-order valence-corrected chi connectivity index (χ4v) is 2.23. The molecule has 0 aromatic carbocycles. The van der Waals surface area contributed by atoms with Crippen LogP contribution in [0.1, 0.15) is 21.7 Å². The van der Waals surface area contributed by atoms with E-state index in [1.807, 2.05) is 0 Å². The molecule has 2 amide bonds. The van der Waals surface area contributed by atoms with Crippen molar-refractivity contribution in [3.63, 3.8) is 0 Å². The van der Waals surface area contributed by atoms with Gasteiger partial charge in [0.2, 0.25) is 5.91 Å². The number of likely N-dealkylation sites (N-methyl/N-ethyl adjacent to an activating group) is 1. The maximum absolute atomic E-state index is 13.1. The van der Waals surface area contributed by atoms with Crippen LogP contribution in [0.4, 0.5) is 9.52 Å². The Morgan fingerprint density at radius 3 is 2.86 bits per heavy atom. The molecule has 0 bridgehead atoms. The zero-order valence-electron chi connectivity index (χ0n) is 11.4. The van der Waals surface area contributed by atoms with Crippen LogP contribution < -0.4 is 10.6 Å². The first-order chi connectivity index (χ1) is 9.99. The highest BCUT2D eigenvalue weighted by atomic mass is 32.1. The van der Waals surface area contributed by atoms with Crippen molar-refractivity contribution in [3.05, 3.63) is 40.4 Å². The predicted molar refractivity (Wildman–Crippen MR) is 76.8 cm³/mol. The number of aryl methyl sites for hydroxylation is 1.